The number of nitrogens with zero attached hydrogens (tertiary/aromatic N) is 2. The van der Waals surface area contributed by atoms with Crippen LogP contribution in [-0.4, -0.2) is 24.6 Å². The van der Waals surface area contributed by atoms with Crippen molar-refractivity contribution in [3.8, 4) is 10.4 Å². The SMILES string of the molecule is CSc1ncc(-c2ccc(S(=O)(=O)Nc3cc(Cl)cc(Cl)c3)s2)cn1. The van der Waals surface area contributed by atoms with Crippen molar-refractivity contribution < 1.29 is 8.42 Å². The molecule has 0 spiro atoms. The molecule has 1 aromatic carbocycles. The van der Waals surface area contributed by atoms with Gasteiger partial charge in [0, 0.05) is 32.9 Å². The van der Waals surface area contributed by atoms with E-state index < -0.39 is 10.0 Å². The van der Waals surface area contributed by atoms with Crippen LogP contribution >= 0.6 is 46.3 Å². The first-order valence-corrected chi connectivity index (χ1v) is 11.1. The van der Waals surface area contributed by atoms with Crippen LogP contribution in [0.4, 0.5) is 5.69 Å². The fourth-order valence-electron chi connectivity index (χ4n) is 1.99. The molecule has 1 N–H and O–H groups in total. The van der Waals surface area contributed by atoms with Gasteiger partial charge in [-0.1, -0.05) is 35.0 Å². The van der Waals surface area contributed by atoms with Crippen LogP contribution in [0.5, 0.6) is 0 Å². The number of sulfonamides is 1. The average molecular weight is 432 g/mol. The fraction of sp³-hybridized carbons (Fsp3) is 0.0667. The minimum Gasteiger partial charge on any atom is -0.279 e. The fourth-order valence-corrected chi connectivity index (χ4v) is 5.15. The first kappa shape index (κ1) is 18.5. The Morgan fingerprint density at radius 1 is 1.08 bits per heavy atom. The maximum Gasteiger partial charge on any atom is 0.271 e. The van der Waals surface area contributed by atoms with Gasteiger partial charge in [0.15, 0.2) is 5.16 Å². The Hall–Kier alpha value is -1.32. The number of thioether (sulfide) groups is 1. The van der Waals surface area contributed by atoms with Crippen LogP contribution in [0.25, 0.3) is 10.4 Å². The zero-order valence-corrected chi connectivity index (χ0v) is 16.7. The van der Waals surface area contributed by atoms with Gasteiger partial charge in [0.1, 0.15) is 4.21 Å². The van der Waals surface area contributed by atoms with Crippen LogP contribution < -0.4 is 4.72 Å². The highest BCUT2D eigenvalue weighted by Crippen LogP contribution is 2.32. The predicted molar refractivity (Wildman–Crippen MR) is 104 cm³/mol. The van der Waals surface area contributed by atoms with E-state index in [2.05, 4.69) is 14.7 Å². The lowest BCUT2D eigenvalue weighted by Crippen LogP contribution is -2.11. The maximum absolute atomic E-state index is 12.5. The van der Waals surface area contributed by atoms with Crippen molar-refractivity contribution in [2.24, 2.45) is 0 Å². The average Bonchev–Trinajstić information content (AvgIpc) is 3.04. The van der Waals surface area contributed by atoms with Crippen LogP contribution in [-0.2, 0) is 10.0 Å². The molecule has 10 heteroatoms. The highest BCUT2D eigenvalue weighted by atomic mass is 35.5. The van der Waals surface area contributed by atoms with Crippen molar-refractivity contribution >= 4 is 62.0 Å². The summed E-state index contributed by atoms with van der Waals surface area (Å²) in [5.41, 5.74) is 1.06. The number of thiophene rings is 1. The number of hydrogen-bond donors (Lipinski definition) is 1. The van der Waals surface area contributed by atoms with Crippen molar-refractivity contribution in [2.45, 2.75) is 9.37 Å². The largest absolute Gasteiger partial charge is 0.279 e. The molecular weight excluding hydrogens is 421 g/mol. The van der Waals surface area contributed by atoms with Crippen LogP contribution in [0.3, 0.4) is 0 Å². The quantitative estimate of drug-likeness (QED) is 0.452. The normalized spacial score (nSPS) is 11.5. The Labute approximate surface area is 163 Å². The Morgan fingerprint density at radius 2 is 1.72 bits per heavy atom. The zero-order valence-electron chi connectivity index (χ0n) is 12.7. The molecule has 25 heavy (non-hydrogen) atoms. The molecule has 0 saturated heterocycles. The molecule has 0 radical (unpaired) electrons. The molecule has 0 aliphatic carbocycles. The standard InChI is InChI=1S/C15H11Cl2N3O2S3/c1-23-15-18-7-9(8-19-15)13-2-3-14(24-13)25(21,22)20-12-5-10(16)4-11(17)6-12/h2-8,20H,1H3. The van der Waals surface area contributed by atoms with Crippen LogP contribution in [0.1, 0.15) is 0 Å². The summed E-state index contributed by atoms with van der Waals surface area (Å²) >= 11 is 14.4. The Bertz CT molecular complexity index is 985. The molecular formula is C15H11Cl2N3O2S3. The van der Waals surface area contributed by atoms with Gasteiger partial charge in [0.2, 0.25) is 0 Å². The second kappa shape index (κ2) is 7.51. The van der Waals surface area contributed by atoms with E-state index in [9.17, 15) is 8.42 Å². The molecule has 0 unspecified atom stereocenters. The molecule has 0 fully saturated rings. The summed E-state index contributed by atoms with van der Waals surface area (Å²) in [5, 5.41) is 1.36. The van der Waals surface area contributed by atoms with E-state index >= 15 is 0 Å². The lowest BCUT2D eigenvalue weighted by molar-refractivity contribution is 0.603. The lowest BCUT2D eigenvalue weighted by Gasteiger charge is -2.07. The smallest absolute Gasteiger partial charge is 0.271 e. The second-order valence-corrected chi connectivity index (χ2v) is 9.48. The van der Waals surface area contributed by atoms with Crippen molar-refractivity contribution in [3.63, 3.8) is 0 Å². The van der Waals surface area contributed by atoms with E-state index in [4.69, 9.17) is 23.2 Å². The number of aromatic nitrogens is 2. The molecule has 2 heterocycles. The van der Waals surface area contributed by atoms with Gasteiger partial charge in [-0.3, -0.25) is 4.72 Å². The Morgan fingerprint density at radius 3 is 2.32 bits per heavy atom. The molecule has 3 rings (SSSR count). The molecule has 0 aliphatic heterocycles. The highest BCUT2D eigenvalue weighted by Gasteiger charge is 2.18. The van der Waals surface area contributed by atoms with Crippen LogP contribution in [0.15, 0.2) is 52.1 Å². The summed E-state index contributed by atoms with van der Waals surface area (Å²) in [5.74, 6) is 0. The molecule has 0 aliphatic rings. The minimum absolute atomic E-state index is 0.174. The van der Waals surface area contributed by atoms with E-state index in [0.29, 0.717) is 20.9 Å². The van der Waals surface area contributed by atoms with Gasteiger partial charge in [-0.25, -0.2) is 18.4 Å². The molecule has 0 saturated carbocycles. The van der Waals surface area contributed by atoms with Gasteiger partial charge >= 0.3 is 0 Å². The number of benzene rings is 1. The van der Waals surface area contributed by atoms with E-state index in [1.54, 1.807) is 18.5 Å². The number of nitrogens with one attached hydrogen (secondary N) is 1. The monoisotopic (exact) mass is 431 g/mol. The molecule has 2 aromatic heterocycles. The third-order valence-electron chi connectivity index (χ3n) is 3.06. The maximum atomic E-state index is 12.5. The van der Waals surface area contributed by atoms with Gasteiger partial charge in [-0.05, 0) is 36.6 Å². The zero-order chi connectivity index (χ0) is 18.0. The minimum atomic E-state index is -3.74. The second-order valence-electron chi connectivity index (χ2n) is 4.84. The summed E-state index contributed by atoms with van der Waals surface area (Å²) in [7, 11) is -3.74. The van der Waals surface area contributed by atoms with Gasteiger partial charge in [0.25, 0.3) is 10.0 Å². The molecule has 5 nitrogen and oxygen atoms in total. The number of rotatable bonds is 5. The van der Waals surface area contributed by atoms with E-state index in [-0.39, 0.29) is 4.21 Å². The van der Waals surface area contributed by atoms with Crippen LogP contribution in [0, 0.1) is 0 Å². The third-order valence-corrected chi connectivity index (χ3v) is 7.08. The van der Waals surface area contributed by atoms with Gasteiger partial charge in [-0.2, -0.15) is 0 Å². The third kappa shape index (κ3) is 4.45. The van der Waals surface area contributed by atoms with Crippen molar-refractivity contribution in [1.82, 2.24) is 9.97 Å². The van der Waals surface area contributed by atoms with Crippen LogP contribution in [0.2, 0.25) is 10.0 Å². The molecule has 3 aromatic rings. The predicted octanol–water partition coefficient (Wildman–Crippen LogP) is 5.03. The summed E-state index contributed by atoms with van der Waals surface area (Å²) in [6.45, 7) is 0. The topological polar surface area (TPSA) is 72.0 Å². The van der Waals surface area contributed by atoms with E-state index in [1.807, 2.05) is 6.26 Å². The van der Waals surface area contributed by atoms with Crippen molar-refractivity contribution in [1.29, 1.82) is 0 Å². The number of halogens is 2. The summed E-state index contributed by atoms with van der Waals surface area (Å²) in [6.07, 6.45) is 5.23. The summed E-state index contributed by atoms with van der Waals surface area (Å²) < 4.78 is 27.7. The first-order chi connectivity index (χ1) is 11.9. The molecule has 0 amide bonds. The highest BCUT2D eigenvalue weighted by molar-refractivity contribution is 7.98. The van der Waals surface area contributed by atoms with Gasteiger partial charge < -0.3 is 0 Å². The van der Waals surface area contributed by atoms with E-state index in [0.717, 1.165) is 21.8 Å². The lowest BCUT2D eigenvalue weighted by atomic mass is 10.3. The first-order valence-electron chi connectivity index (χ1n) is 6.82. The van der Waals surface area contributed by atoms with Crippen molar-refractivity contribution in [3.05, 3.63) is 52.8 Å². The molecule has 0 atom stereocenters. The summed E-state index contributed by atoms with van der Waals surface area (Å²) in [6, 6.07) is 7.78. The number of anilines is 1. The molecule has 130 valence electrons. The van der Waals surface area contributed by atoms with Gasteiger partial charge in [-0.15, -0.1) is 11.3 Å². The Balaban J connectivity index is 1.86. The van der Waals surface area contributed by atoms with Gasteiger partial charge in [0.05, 0.1) is 5.69 Å². The summed E-state index contributed by atoms with van der Waals surface area (Å²) in [4.78, 5) is 9.15. The number of hydrogen-bond acceptors (Lipinski definition) is 6. The molecule has 0 bridgehead atoms. The Kier molecular flexibility index (Phi) is 5.55. The van der Waals surface area contributed by atoms with E-state index in [1.165, 1.54) is 36.0 Å². The van der Waals surface area contributed by atoms with Crippen molar-refractivity contribution in [2.75, 3.05) is 11.0 Å².